The standard InChI is InChI=1S/C16H16Cl2N2O2S.ClH/c17-12-6-7-14(18)16(8-12)23(21,22)20-9-13(15(19)10-20)11-4-2-1-3-5-11;/h1-8,13,15H,9-10,19H2;1H/t13-,15+;/m0./s1. The highest BCUT2D eigenvalue weighted by Gasteiger charge is 2.39. The summed E-state index contributed by atoms with van der Waals surface area (Å²) in [5, 5.41) is 0.488. The van der Waals surface area contributed by atoms with Gasteiger partial charge in [0.25, 0.3) is 0 Å². The number of nitrogens with two attached hydrogens (primary N) is 1. The molecule has 8 heteroatoms. The van der Waals surface area contributed by atoms with Crippen molar-refractivity contribution in [3.63, 3.8) is 0 Å². The third-order valence-electron chi connectivity index (χ3n) is 4.07. The van der Waals surface area contributed by atoms with E-state index in [1.54, 1.807) is 6.07 Å². The van der Waals surface area contributed by atoms with Gasteiger partial charge in [-0.2, -0.15) is 4.31 Å². The highest BCUT2D eigenvalue weighted by molar-refractivity contribution is 7.89. The van der Waals surface area contributed by atoms with Crippen molar-refractivity contribution < 1.29 is 8.42 Å². The van der Waals surface area contributed by atoms with Gasteiger partial charge in [0.05, 0.1) is 5.02 Å². The molecule has 0 saturated carbocycles. The van der Waals surface area contributed by atoms with Crippen LogP contribution in [0.3, 0.4) is 0 Å². The fourth-order valence-electron chi connectivity index (χ4n) is 2.85. The Morgan fingerprint density at radius 3 is 2.38 bits per heavy atom. The molecule has 2 aromatic rings. The van der Waals surface area contributed by atoms with Gasteiger partial charge in [-0.25, -0.2) is 8.42 Å². The molecular weight excluding hydrogens is 391 g/mol. The zero-order valence-electron chi connectivity index (χ0n) is 12.6. The molecule has 0 aromatic heterocycles. The smallest absolute Gasteiger partial charge is 0.244 e. The third-order valence-corrected chi connectivity index (χ3v) is 6.62. The van der Waals surface area contributed by atoms with Gasteiger partial charge in [0, 0.05) is 30.1 Å². The molecule has 0 amide bonds. The van der Waals surface area contributed by atoms with E-state index >= 15 is 0 Å². The quantitative estimate of drug-likeness (QED) is 0.846. The molecular formula is C16H17Cl3N2O2S. The predicted octanol–water partition coefficient (Wildman–Crippen LogP) is 3.53. The van der Waals surface area contributed by atoms with Crippen molar-refractivity contribution in [2.75, 3.05) is 13.1 Å². The number of halogens is 3. The van der Waals surface area contributed by atoms with Crippen molar-refractivity contribution in [2.24, 2.45) is 5.73 Å². The molecule has 0 radical (unpaired) electrons. The lowest BCUT2D eigenvalue weighted by molar-refractivity contribution is 0.470. The average Bonchev–Trinajstić information content (AvgIpc) is 2.93. The third kappa shape index (κ3) is 3.72. The Balaban J connectivity index is 0.00000208. The highest BCUT2D eigenvalue weighted by atomic mass is 35.5. The van der Waals surface area contributed by atoms with Gasteiger partial charge in [0.2, 0.25) is 10.0 Å². The van der Waals surface area contributed by atoms with Gasteiger partial charge in [-0.3, -0.25) is 0 Å². The molecule has 0 bridgehead atoms. The van der Waals surface area contributed by atoms with Crippen LogP contribution in [0.5, 0.6) is 0 Å². The normalized spacial score (nSPS) is 21.5. The molecule has 0 aliphatic carbocycles. The minimum Gasteiger partial charge on any atom is -0.326 e. The van der Waals surface area contributed by atoms with E-state index in [4.69, 9.17) is 28.9 Å². The van der Waals surface area contributed by atoms with E-state index in [1.165, 1.54) is 16.4 Å². The zero-order chi connectivity index (χ0) is 16.6. The van der Waals surface area contributed by atoms with E-state index in [0.29, 0.717) is 11.6 Å². The molecule has 0 unspecified atom stereocenters. The van der Waals surface area contributed by atoms with Gasteiger partial charge in [0.15, 0.2) is 0 Å². The Labute approximate surface area is 158 Å². The summed E-state index contributed by atoms with van der Waals surface area (Å²) >= 11 is 12.0. The second-order valence-electron chi connectivity index (χ2n) is 5.58. The Bertz CT molecular complexity index is 815. The van der Waals surface area contributed by atoms with Crippen LogP contribution < -0.4 is 5.73 Å². The topological polar surface area (TPSA) is 63.4 Å². The number of sulfonamides is 1. The Kier molecular flexibility index (Phi) is 6.18. The van der Waals surface area contributed by atoms with E-state index in [2.05, 4.69) is 0 Å². The second kappa shape index (κ2) is 7.60. The van der Waals surface area contributed by atoms with Crippen LogP contribution >= 0.6 is 35.6 Å². The maximum absolute atomic E-state index is 12.9. The van der Waals surface area contributed by atoms with Crippen molar-refractivity contribution >= 4 is 45.6 Å². The van der Waals surface area contributed by atoms with Crippen molar-refractivity contribution in [1.82, 2.24) is 4.31 Å². The molecule has 0 spiro atoms. The lowest BCUT2D eigenvalue weighted by Crippen LogP contribution is -2.32. The van der Waals surface area contributed by atoms with Crippen LogP contribution in [0, 0.1) is 0 Å². The van der Waals surface area contributed by atoms with Gasteiger partial charge in [-0.1, -0.05) is 53.5 Å². The number of benzene rings is 2. The lowest BCUT2D eigenvalue weighted by Gasteiger charge is -2.17. The highest BCUT2D eigenvalue weighted by Crippen LogP contribution is 2.33. The van der Waals surface area contributed by atoms with E-state index in [-0.39, 0.29) is 40.8 Å². The molecule has 4 nitrogen and oxygen atoms in total. The van der Waals surface area contributed by atoms with E-state index in [0.717, 1.165) is 5.56 Å². The van der Waals surface area contributed by atoms with Gasteiger partial charge in [0.1, 0.15) is 4.90 Å². The van der Waals surface area contributed by atoms with Crippen LogP contribution in [-0.4, -0.2) is 31.9 Å². The Morgan fingerprint density at radius 2 is 1.71 bits per heavy atom. The number of nitrogens with zero attached hydrogens (tertiary/aromatic N) is 1. The molecule has 2 atom stereocenters. The van der Waals surface area contributed by atoms with Crippen molar-refractivity contribution in [1.29, 1.82) is 0 Å². The second-order valence-corrected chi connectivity index (χ2v) is 8.33. The number of rotatable bonds is 3. The summed E-state index contributed by atoms with van der Waals surface area (Å²) in [5.41, 5.74) is 7.22. The van der Waals surface area contributed by atoms with Crippen LogP contribution in [0.15, 0.2) is 53.4 Å². The van der Waals surface area contributed by atoms with Gasteiger partial charge < -0.3 is 5.73 Å². The van der Waals surface area contributed by atoms with Crippen LogP contribution in [-0.2, 0) is 10.0 Å². The summed E-state index contributed by atoms with van der Waals surface area (Å²) in [4.78, 5) is 0.0209. The summed E-state index contributed by atoms with van der Waals surface area (Å²) in [6.07, 6.45) is 0. The zero-order valence-corrected chi connectivity index (χ0v) is 15.7. The molecule has 1 fully saturated rings. The summed E-state index contributed by atoms with van der Waals surface area (Å²) in [7, 11) is -3.73. The summed E-state index contributed by atoms with van der Waals surface area (Å²) < 4.78 is 27.1. The minimum absolute atomic E-state index is 0. The fraction of sp³-hybridized carbons (Fsp3) is 0.250. The Hall–Kier alpha value is -0.820. The molecule has 1 aliphatic rings. The first-order valence-corrected chi connectivity index (χ1v) is 9.35. The Morgan fingerprint density at radius 1 is 1.04 bits per heavy atom. The molecule has 1 aliphatic heterocycles. The van der Waals surface area contributed by atoms with Gasteiger partial charge in [-0.15, -0.1) is 12.4 Å². The van der Waals surface area contributed by atoms with E-state index in [9.17, 15) is 8.42 Å². The lowest BCUT2D eigenvalue weighted by atomic mass is 9.95. The number of hydrogen-bond acceptors (Lipinski definition) is 3. The number of hydrogen-bond donors (Lipinski definition) is 1. The molecule has 130 valence electrons. The van der Waals surface area contributed by atoms with Gasteiger partial charge >= 0.3 is 0 Å². The van der Waals surface area contributed by atoms with Gasteiger partial charge in [-0.05, 0) is 23.8 Å². The van der Waals surface area contributed by atoms with E-state index in [1.807, 2.05) is 30.3 Å². The largest absolute Gasteiger partial charge is 0.326 e. The first kappa shape index (κ1) is 19.5. The van der Waals surface area contributed by atoms with Crippen LogP contribution in [0.2, 0.25) is 10.0 Å². The first-order chi connectivity index (χ1) is 10.9. The van der Waals surface area contributed by atoms with Crippen LogP contribution in [0.25, 0.3) is 0 Å². The fourth-order valence-corrected chi connectivity index (χ4v) is 5.10. The van der Waals surface area contributed by atoms with Crippen molar-refractivity contribution in [3.8, 4) is 0 Å². The summed E-state index contributed by atoms with van der Waals surface area (Å²) in [6, 6.07) is 13.9. The average molecular weight is 408 g/mol. The summed E-state index contributed by atoms with van der Waals surface area (Å²) in [6.45, 7) is 0.584. The molecule has 2 aromatic carbocycles. The maximum atomic E-state index is 12.9. The van der Waals surface area contributed by atoms with E-state index < -0.39 is 10.0 Å². The van der Waals surface area contributed by atoms with Crippen molar-refractivity contribution in [2.45, 2.75) is 16.9 Å². The minimum atomic E-state index is -3.73. The molecule has 1 heterocycles. The molecule has 1 saturated heterocycles. The first-order valence-electron chi connectivity index (χ1n) is 7.15. The monoisotopic (exact) mass is 406 g/mol. The molecule has 3 rings (SSSR count). The van der Waals surface area contributed by atoms with Crippen molar-refractivity contribution in [3.05, 3.63) is 64.1 Å². The van der Waals surface area contributed by atoms with Crippen LogP contribution in [0.4, 0.5) is 0 Å². The predicted molar refractivity (Wildman–Crippen MR) is 99.6 cm³/mol. The molecule has 24 heavy (non-hydrogen) atoms. The maximum Gasteiger partial charge on any atom is 0.244 e. The summed E-state index contributed by atoms with van der Waals surface area (Å²) in [5.74, 6) is -0.0380. The van der Waals surface area contributed by atoms with Crippen LogP contribution in [0.1, 0.15) is 11.5 Å². The molecule has 2 N–H and O–H groups in total. The SMILES string of the molecule is Cl.N[C@@H]1CN(S(=O)(=O)c2cc(Cl)ccc2Cl)C[C@H]1c1ccccc1.